The zero-order chi connectivity index (χ0) is 20.5. The van der Waals surface area contributed by atoms with E-state index in [1.54, 1.807) is 5.57 Å². The largest absolute Gasteiger partial charge is 0.0998 e. The van der Waals surface area contributed by atoms with Crippen LogP contribution in [0, 0.1) is 11.8 Å². The van der Waals surface area contributed by atoms with Crippen molar-refractivity contribution >= 4 is 0 Å². The summed E-state index contributed by atoms with van der Waals surface area (Å²) in [5.41, 5.74) is 7.25. The van der Waals surface area contributed by atoms with Gasteiger partial charge in [0.25, 0.3) is 0 Å². The molecule has 0 spiro atoms. The van der Waals surface area contributed by atoms with E-state index in [1.807, 2.05) is 0 Å². The van der Waals surface area contributed by atoms with Gasteiger partial charge in [-0.1, -0.05) is 110 Å². The average Bonchev–Trinajstić information content (AvgIpc) is 3.47. The zero-order valence-corrected chi connectivity index (χ0v) is 18.4. The fourth-order valence-electron chi connectivity index (χ4n) is 5.05. The predicted molar refractivity (Wildman–Crippen MR) is 129 cm³/mol. The maximum Gasteiger partial charge on any atom is -0.0105 e. The highest BCUT2D eigenvalue weighted by molar-refractivity contribution is 5.28. The second-order valence-corrected chi connectivity index (χ2v) is 9.54. The standard InChI is InChI=1S/C29H40/c1-23(20-27-12-6-7-13-27)16-18-25(3)29(22-28-14-8-9-15-28)21-24(2)17-19-26-10-4-5-11-26/h6-9,12,14,26,29H,1-5,10-11,13,15-22H2. The second-order valence-electron chi connectivity index (χ2n) is 9.54. The summed E-state index contributed by atoms with van der Waals surface area (Å²) in [6.07, 6.45) is 29.4. The number of hydrogen-bond donors (Lipinski definition) is 0. The topological polar surface area (TPSA) is 0 Å². The van der Waals surface area contributed by atoms with Crippen LogP contribution < -0.4 is 0 Å². The maximum atomic E-state index is 4.53. The predicted octanol–water partition coefficient (Wildman–Crippen LogP) is 8.96. The molecule has 3 aliphatic carbocycles. The van der Waals surface area contributed by atoms with Crippen LogP contribution in [0.4, 0.5) is 0 Å². The van der Waals surface area contributed by atoms with E-state index < -0.39 is 0 Å². The normalized spacial score (nSPS) is 19.4. The molecule has 1 saturated carbocycles. The first-order valence-corrected chi connectivity index (χ1v) is 11.8. The van der Waals surface area contributed by atoms with Crippen LogP contribution >= 0.6 is 0 Å². The molecule has 1 unspecified atom stereocenters. The summed E-state index contributed by atoms with van der Waals surface area (Å²) in [6, 6.07) is 0. The highest BCUT2D eigenvalue weighted by Crippen LogP contribution is 2.35. The zero-order valence-electron chi connectivity index (χ0n) is 18.4. The van der Waals surface area contributed by atoms with Crippen LogP contribution in [0.3, 0.4) is 0 Å². The van der Waals surface area contributed by atoms with Gasteiger partial charge < -0.3 is 0 Å². The third-order valence-electron chi connectivity index (χ3n) is 6.97. The molecule has 1 fully saturated rings. The van der Waals surface area contributed by atoms with Gasteiger partial charge in [-0.25, -0.2) is 0 Å². The Hall–Kier alpha value is -1.82. The van der Waals surface area contributed by atoms with Gasteiger partial charge >= 0.3 is 0 Å². The molecule has 0 radical (unpaired) electrons. The molecule has 29 heavy (non-hydrogen) atoms. The molecule has 3 aliphatic rings. The molecule has 0 amide bonds. The van der Waals surface area contributed by atoms with Gasteiger partial charge in [0.2, 0.25) is 0 Å². The van der Waals surface area contributed by atoms with E-state index in [0.29, 0.717) is 5.92 Å². The van der Waals surface area contributed by atoms with E-state index in [0.717, 1.165) is 50.9 Å². The van der Waals surface area contributed by atoms with Crippen molar-refractivity contribution in [2.75, 3.05) is 0 Å². The summed E-state index contributed by atoms with van der Waals surface area (Å²) in [4.78, 5) is 0. The Morgan fingerprint density at radius 2 is 1.55 bits per heavy atom. The Bertz CT molecular complexity index is 715. The minimum absolute atomic E-state index is 0.539. The molecule has 3 rings (SSSR count). The van der Waals surface area contributed by atoms with Crippen LogP contribution in [0.2, 0.25) is 0 Å². The summed E-state index contributed by atoms with van der Waals surface area (Å²) < 4.78 is 0. The first-order valence-electron chi connectivity index (χ1n) is 11.8. The van der Waals surface area contributed by atoms with E-state index >= 15 is 0 Å². The van der Waals surface area contributed by atoms with Crippen molar-refractivity contribution in [3.8, 4) is 0 Å². The van der Waals surface area contributed by atoms with E-state index in [2.05, 4.69) is 56.2 Å². The molecule has 0 aromatic rings. The number of rotatable bonds is 13. The molecule has 0 bridgehead atoms. The Kier molecular flexibility index (Phi) is 8.59. The Balaban J connectivity index is 1.47. The van der Waals surface area contributed by atoms with Crippen LogP contribution in [0.15, 0.2) is 84.1 Å². The van der Waals surface area contributed by atoms with Gasteiger partial charge in [-0.2, -0.15) is 0 Å². The Morgan fingerprint density at radius 3 is 2.21 bits per heavy atom. The lowest BCUT2D eigenvalue weighted by molar-refractivity contribution is 0.486. The summed E-state index contributed by atoms with van der Waals surface area (Å²) in [5, 5.41) is 0. The monoisotopic (exact) mass is 388 g/mol. The van der Waals surface area contributed by atoms with Gasteiger partial charge in [0.05, 0.1) is 0 Å². The molecule has 156 valence electrons. The maximum absolute atomic E-state index is 4.53. The van der Waals surface area contributed by atoms with Crippen molar-refractivity contribution in [1.29, 1.82) is 0 Å². The number of hydrogen-bond acceptors (Lipinski definition) is 0. The fraction of sp³-hybridized carbons (Fsp3) is 0.517. The van der Waals surface area contributed by atoms with Crippen molar-refractivity contribution in [1.82, 2.24) is 0 Å². The van der Waals surface area contributed by atoms with Gasteiger partial charge in [0.1, 0.15) is 0 Å². The minimum atomic E-state index is 0.539. The Labute approximate surface area is 179 Å². The average molecular weight is 389 g/mol. The SMILES string of the molecule is C=C(CCC(=C)C(CC(=C)CCC1CCCC1)CC1=CC=CC1)CC1=CC=CC1. The molecular formula is C29H40. The van der Waals surface area contributed by atoms with Crippen molar-refractivity contribution in [2.24, 2.45) is 11.8 Å². The van der Waals surface area contributed by atoms with Gasteiger partial charge in [0.15, 0.2) is 0 Å². The lowest BCUT2D eigenvalue weighted by Gasteiger charge is -2.23. The molecule has 0 saturated heterocycles. The van der Waals surface area contributed by atoms with Gasteiger partial charge in [0, 0.05) is 0 Å². The van der Waals surface area contributed by atoms with Gasteiger partial charge in [-0.15, -0.1) is 0 Å². The van der Waals surface area contributed by atoms with Crippen molar-refractivity contribution in [2.45, 2.75) is 83.5 Å². The first-order chi connectivity index (χ1) is 14.1. The Morgan fingerprint density at radius 1 is 0.862 bits per heavy atom. The van der Waals surface area contributed by atoms with Crippen molar-refractivity contribution < 1.29 is 0 Å². The molecule has 0 N–H and O–H groups in total. The summed E-state index contributed by atoms with van der Waals surface area (Å²) >= 11 is 0. The van der Waals surface area contributed by atoms with E-state index in [9.17, 15) is 0 Å². The van der Waals surface area contributed by atoms with Crippen molar-refractivity contribution in [3.63, 3.8) is 0 Å². The molecule has 0 aliphatic heterocycles. The van der Waals surface area contributed by atoms with Crippen molar-refractivity contribution in [3.05, 3.63) is 84.1 Å². The lowest BCUT2D eigenvalue weighted by atomic mass is 9.82. The quantitative estimate of drug-likeness (QED) is 0.276. The molecule has 1 atom stereocenters. The molecular weight excluding hydrogens is 348 g/mol. The van der Waals surface area contributed by atoms with Crippen LogP contribution in [-0.2, 0) is 0 Å². The molecule has 0 heteroatoms. The van der Waals surface area contributed by atoms with E-state index in [-0.39, 0.29) is 0 Å². The lowest BCUT2D eigenvalue weighted by Crippen LogP contribution is -2.08. The first kappa shape index (κ1) is 21.9. The highest BCUT2D eigenvalue weighted by atomic mass is 14.2. The van der Waals surface area contributed by atoms with Crippen LogP contribution in [0.25, 0.3) is 0 Å². The third kappa shape index (κ3) is 7.50. The summed E-state index contributed by atoms with van der Waals surface area (Å²) in [7, 11) is 0. The van der Waals surface area contributed by atoms with E-state index in [1.165, 1.54) is 60.8 Å². The molecule has 0 nitrogen and oxygen atoms in total. The minimum Gasteiger partial charge on any atom is -0.0998 e. The second kappa shape index (κ2) is 11.4. The molecule has 0 heterocycles. The number of allylic oxidation sites excluding steroid dienone is 11. The van der Waals surface area contributed by atoms with Crippen LogP contribution in [0.5, 0.6) is 0 Å². The van der Waals surface area contributed by atoms with Crippen LogP contribution in [0.1, 0.15) is 83.5 Å². The smallest absolute Gasteiger partial charge is 0.0105 e. The summed E-state index contributed by atoms with van der Waals surface area (Å²) in [5.74, 6) is 1.50. The van der Waals surface area contributed by atoms with Gasteiger partial charge in [-0.3, -0.25) is 0 Å². The van der Waals surface area contributed by atoms with E-state index in [4.69, 9.17) is 0 Å². The highest BCUT2D eigenvalue weighted by Gasteiger charge is 2.19. The third-order valence-corrected chi connectivity index (χ3v) is 6.97. The fourth-order valence-corrected chi connectivity index (χ4v) is 5.05. The molecule has 0 aromatic carbocycles. The van der Waals surface area contributed by atoms with Gasteiger partial charge in [-0.05, 0) is 69.6 Å². The summed E-state index contributed by atoms with van der Waals surface area (Å²) in [6.45, 7) is 13.3. The molecule has 0 aromatic heterocycles. The van der Waals surface area contributed by atoms with Crippen LogP contribution in [-0.4, -0.2) is 0 Å².